The lowest BCUT2D eigenvalue weighted by Crippen LogP contribution is -2.50. The summed E-state index contributed by atoms with van der Waals surface area (Å²) in [4.78, 5) is 30.0. The molecular weight excluding hydrogens is 386 g/mol. The minimum Gasteiger partial charge on any atom is -0.309 e. The van der Waals surface area contributed by atoms with E-state index in [9.17, 15) is 26.4 Å². The third-order valence-electron chi connectivity index (χ3n) is 3.48. The molecule has 25 heavy (non-hydrogen) atoms. The molecule has 2 bridgehead atoms. The Morgan fingerprint density at radius 2 is 2.00 bits per heavy atom. The predicted molar refractivity (Wildman–Crippen MR) is 78.6 cm³/mol. The van der Waals surface area contributed by atoms with Gasteiger partial charge >= 0.3 is 16.4 Å². The molecule has 16 heteroatoms. The SMILES string of the molecule is NS(=O)(=O)NCCONC(=O)[C@@H]1CCC2CN1C(=O)N2OS(=O)(=O)O. The first-order valence-corrected chi connectivity index (χ1v) is 9.85. The fourth-order valence-electron chi connectivity index (χ4n) is 2.53. The number of urea groups is 1. The Morgan fingerprint density at radius 3 is 2.60 bits per heavy atom. The van der Waals surface area contributed by atoms with Gasteiger partial charge in [-0.1, -0.05) is 0 Å². The first-order chi connectivity index (χ1) is 11.5. The van der Waals surface area contributed by atoms with Gasteiger partial charge in [-0.05, 0) is 12.8 Å². The van der Waals surface area contributed by atoms with Crippen LogP contribution in [0.4, 0.5) is 4.79 Å². The number of carbonyl (C=O) groups is 2. The summed E-state index contributed by atoms with van der Waals surface area (Å²) in [5.74, 6) is -0.670. The summed E-state index contributed by atoms with van der Waals surface area (Å²) in [6, 6.07) is -2.42. The first kappa shape index (κ1) is 19.8. The summed E-state index contributed by atoms with van der Waals surface area (Å²) in [6.45, 7) is -0.340. The topological polar surface area (TPSA) is 198 Å². The number of nitrogens with zero attached hydrogens (tertiary/aromatic N) is 2. The molecule has 2 aliphatic rings. The molecule has 2 aliphatic heterocycles. The molecule has 0 radical (unpaired) electrons. The number of nitrogens with one attached hydrogen (secondary N) is 2. The first-order valence-electron chi connectivity index (χ1n) is 6.94. The Bertz CT molecular complexity index is 739. The molecule has 0 saturated carbocycles. The molecule has 2 rings (SSSR count). The van der Waals surface area contributed by atoms with E-state index in [1.54, 1.807) is 0 Å². The molecule has 14 nitrogen and oxygen atoms in total. The van der Waals surface area contributed by atoms with Crippen LogP contribution in [0.3, 0.4) is 0 Å². The van der Waals surface area contributed by atoms with E-state index < -0.39 is 44.6 Å². The number of amides is 3. The van der Waals surface area contributed by atoms with E-state index in [0.29, 0.717) is 5.06 Å². The smallest absolute Gasteiger partial charge is 0.309 e. The Hall–Kier alpha value is -1.56. The summed E-state index contributed by atoms with van der Waals surface area (Å²) in [5, 5.41) is 5.22. The lowest BCUT2D eigenvalue weighted by atomic mass is 10.0. The van der Waals surface area contributed by atoms with Crippen molar-refractivity contribution in [2.24, 2.45) is 5.14 Å². The second-order valence-electron chi connectivity index (χ2n) is 5.26. The van der Waals surface area contributed by atoms with Crippen molar-refractivity contribution in [2.45, 2.75) is 24.9 Å². The van der Waals surface area contributed by atoms with Gasteiger partial charge in [0.15, 0.2) is 0 Å². The normalized spacial score (nSPS) is 23.8. The van der Waals surface area contributed by atoms with Gasteiger partial charge in [0.05, 0.1) is 12.6 Å². The second kappa shape index (κ2) is 7.36. The van der Waals surface area contributed by atoms with E-state index in [2.05, 4.69) is 9.76 Å². The fraction of sp³-hybridized carbons (Fsp3) is 0.778. The molecule has 3 amide bonds. The van der Waals surface area contributed by atoms with Crippen LogP contribution in [0.25, 0.3) is 0 Å². The number of hydrogen-bond acceptors (Lipinski definition) is 8. The predicted octanol–water partition coefficient (Wildman–Crippen LogP) is -3.17. The Labute approximate surface area is 143 Å². The fourth-order valence-corrected chi connectivity index (χ4v) is 3.29. The van der Waals surface area contributed by atoms with Crippen LogP contribution in [-0.2, 0) is 34.5 Å². The summed E-state index contributed by atoms with van der Waals surface area (Å²) >= 11 is 0. The molecule has 2 heterocycles. The maximum Gasteiger partial charge on any atom is 0.418 e. The van der Waals surface area contributed by atoms with Gasteiger partial charge in [-0.2, -0.15) is 21.9 Å². The lowest BCUT2D eigenvalue weighted by Gasteiger charge is -2.28. The Kier molecular flexibility index (Phi) is 5.82. The van der Waals surface area contributed by atoms with Gasteiger partial charge in [0.25, 0.3) is 16.1 Å². The number of rotatable bonds is 8. The Balaban J connectivity index is 1.85. The third kappa shape index (κ3) is 5.46. The average Bonchev–Trinajstić information content (AvgIpc) is 2.69. The number of hydrogen-bond donors (Lipinski definition) is 4. The summed E-state index contributed by atoms with van der Waals surface area (Å²) in [7, 11) is -8.73. The molecule has 0 aromatic rings. The molecule has 2 saturated heterocycles. The number of nitrogens with two attached hydrogens (primary N) is 1. The van der Waals surface area contributed by atoms with Crippen molar-refractivity contribution >= 4 is 32.5 Å². The van der Waals surface area contributed by atoms with Crippen LogP contribution in [-0.4, -0.2) is 75.1 Å². The van der Waals surface area contributed by atoms with Crippen LogP contribution in [0.5, 0.6) is 0 Å². The van der Waals surface area contributed by atoms with Gasteiger partial charge in [-0.3, -0.25) is 14.2 Å². The maximum atomic E-state index is 12.1. The lowest BCUT2D eigenvalue weighted by molar-refractivity contribution is -0.138. The number of carbonyl (C=O) groups excluding carboxylic acids is 2. The maximum absolute atomic E-state index is 12.1. The van der Waals surface area contributed by atoms with Crippen molar-refractivity contribution < 1.29 is 40.1 Å². The minimum absolute atomic E-state index is 0.0411. The van der Waals surface area contributed by atoms with Crippen LogP contribution in [0.1, 0.15) is 12.8 Å². The summed E-state index contributed by atoms with van der Waals surface area (Å²) in [6.07, 6.45) is 0.481. The monoisotopic (exact) mass is 403 g/mol. The van der Waals surface area contributed by atoms with Gasteiger partial charge in [-0.25, -0.2) is 20.1 Å². The molecule has 2 fully saturated rings. The van der Waals surface area contributed by atoms with Crippen molar-refractivity contribution in [2.75, 3.05) is 19.7 Å². The van der Waals surface area contributed by atoms with Crippen LogP contribution in [0.15, 0.2) is 0 Å². The zero-order chi connectivity index (χ0) is 18.8. The zero-order valence-electron chi connectivity index (χ0n) is 12.7. The molecule has 1 unspecified atom stereocenters. The van der Waals surface area contributed by atoms with Crippen molar-refractivity contribution in [1.29, 1.82) is 0 Å². The van der Waals surface area contributed by atoms with Gasteiger partial charge < -0.3 is 4.90 Å². The molecule has 5 N–H and O–H groups in total. The van der Waals surface area contributed by atoms with Crippen molar-refractivity contribution in [3.05, 3.63) is 0 Å². The van der Waals surface area contributed by atoms with Crippen LogP contribution < -0.4 is 15.3 Å². The van der Waals surface area contributed by atoms with Crippen molar-refractivity contribution in [1.82, 2.24) is 20.2 Å². The number of hydroxylamine groups is 3. The van der Waals surface area contributed by atoms with E-state index in [1.165, 1.54) is 0 Å². The molecule has 0 aliphatic carbocycles. The van der Waals surface area contributed by atoms with E-state index in [4.69, 9.17) is 14.5 Å². The molecule has 0 aromatic heterocycles. The number of piperidine rings is 1. The standard InChI is InChI=1S/C9H17N5O9S2/c10-24(17,18)11-3-4-22-12-8(15)7-2-1-6-5-13(7)9(16)14(6)23-25(19,20)21/h6-7,11H,1-5H2,(H,12,15)(H2,10,17,18)(H,19,20,21)/t6?,7-/m0/s1. The van der Waals surface area contributed by atoms with E-state index in [-0.39, 0.29) is 32.5 Å². The molecule has 144 valence electrons. The zero-order valence-corrected chi connectivity index (χ0v) is 14.3. The number of fused-ring (bicyclic) bond motifs is 2. The van der Waals surface area contributed by atoms with Gasteiger partial charge in [-0.15, -0.1) is 4.28 Å². The van der Waals surface area contributed by atoms with Gasteiger partial charge in [0, 0.05) is 13.1 Å². The van der Waals surface area contributed by atoms with Gasteiger partial charge in [0.2, 0.25) is 0 Å². The molecule has 0 spiro atoms. The third-order valence-corrected chi connectivity index (χ3v) is 4.44. The van der Waals surface area contributed by atoms with Crippen LogP contribution >= 0.6 is 0 Å². The largest absolute Gasteiger partial charge is 0.418 e. The highest BCUT2D eigenvalue weighted by Crippen LogP contribution is 2.30. The Morgan fingerprint density at radius 1 is 1.32 bits per heavy atom. The summed E-state index contributed by atoms with van der Waals surface area (Å²) in [5.41, 5.74) is 2.07. The summed E-state index contributed by atoms with van der Waals surface area (Å²) < 4.78 is 57.7. The van der Waals surface area contributed by atoms with Crippen LogP contribution in [0.2, 0.25) is 0 Å². The van der Waals surface area contributed by atoms with E-state index in [0.717, 1.165) is 4.90 Å². The highest BCUT2D eigenvalue weighted by molar-refractivity contribution is 7.87. The highest BCUT2D eigenvalue weighted by atomic mass is 32.3. The molecular formula is C9H17N5O9S2. The molecule has 2 atom stereocenters. The average molecular weight is 403 g/mol. The van der Waals surface area contributed by atoms with E-state index >= 15 is 0 Å². The van der Waals surface area contributed by atoms with Crippen molar-refractivity contribution in [3.63, 3.8) is 0 Å². The quantitative estimate of drug-likeness (QED) is 0.183. The van der Waals surface area contributed by atoms with E-state index in [1.807, 2.05) is 4.72 Å². The highest BCUT2D eigenvalue weighted by Gasteiger charge is 2.49. The molecule has 0 aromatic carbocycles. The van der Waals surface area contributed by atoms with Gasteiger partial charge in [0.1, 0.15) is 6.04 Å². The second-order valence-corrected chi connectivity index (χ2v) is 7.65. The minimum atomic E-state index is -4.86. The van der Waals surface area contributed by atoms with Crippen molar-refractivity contribution in [3.8, 4) is 0 Å². The van der Waals surface area contributed by atoms with Crippen LogP contribution in [0, 0.1) is 0 Å².